The molecule has 14 nitrogen and oxygen atoms in total. The number of quaternary nitrogens is 1. The zero-order chi connectivity index (χ0) is 37.7. The van der Waals surface area contributed by atoms with Gasteiger partial charge >= 0.3 is 5.97 Å². The van der Waals surface area contributed by atoms with E-state index in [0.29, 0.717) is 42.5 Å². The lowest BCUT2D eigenvalue weighted by molar-refractivity contribution is -0.852. The molecule has 9 rings (SSSR count). The molecule has 6 atom stereocenters. The van der Waals surface area contributed by atoms with Crippen molar-refractivity contribution < 1.29 is 38.5 Å². The molecule has 14 heteroatoms. The number of phenolic OH excluding ortho intramolecular Hbond substituents is 1. The van der Waals surface area contributed by atoms with Crippen molar-refractivity contribution in [2.75, 3.05) is 18.0 Å². The number of phenols is 1. The zero-order valence-corrected chi connectivity index (χ0v) is 30.1. The molecule has 278 valence electrons. The monoisotopic (exact) mass is 733 g/mol. The van der Waals surface area contributed by atoms with Crippen molar-refractivity contribution in [2.24, 2.45) is 4.99 Å². The van der Waals surface area contributed by atoms with E-state index in [1.54, 1.807) is 39.0 Å². The fraction of sp³-hybridized carbons (Fsp3) is 0.375. The summed E-state index contributed by atoms with van der Waals surface area (Å²) in [7, 11) is 0. The third-order valence-electron chi connectivity index (χ3n) is 11.2. The number of carbonyl (C=O) groups is 1. The number of aromatic nitrogens is 2. The summed E-state index contributed by atoms with van der Waals surface area (Å²) in [4.78, 5) is 41.7. The molecule has 4 aromatic rings. The number of anilines is 2. The second-order valence-electron chi connectivity index (χ2n) is 15.5. The number of fused-ring (bicyclic) bond motifs is 5. The number of nitrogen functional groups attached to an aromatic ring is 2. The molecule has 7 N–H and O–H groups in total. The number of aliphatic hydroxyl groups is 1. The number of nitrogens with one attached hydrogen (secondary N) is 1. The number of benzene rings is 1. The Kier molecular flexibility index (Phi) is 7.75. The van der Waals surface area contributed by atoms with E-state index in [1.165, 1.54) is 16.5 Å². The fourth-order valence-electron chi connectivity index (χ4n) is 8.67. The minimum atomic E-state index is -1.24. The molecule has 8 heterocycles. The number of hydrogen-bond acceptors (Lipinski definition) is 13. The van der Waals surface area contributed by atoms with Crippen LogP contribution in [0.3, 0.4) is 0 Å². The van der Waals surface area contributed by atoms with E-state index >= 15 is 0 Å². The van der Waals surface area contributed by atoms with Crippen molar-refractivity contribution >= 4 is 34.8 Å². The van der Waals surface area contributed by atoms with Crippen molar-refractivity contribution in [1.82, 2.24) is 9.97 Å². The maximum absolute atomic E-state index is 14.0. The molecule has 0 amide bonds. The van der Waals surface area contributed by atoms with Gasteiger partial charge in [-0.15, -0.1) is 0 Å². The SMILES string of the molecule is Cc1cc(=O)c2c(O)c3c(cc2o1)OC(C)(C)C1OC(=O)C2(CCC(O)C31)OC2CCc1cc(N)nc(-c2cc(N)nc(C[NH+]3C=C4N=CC=C4C3)c2)c1. The molecular formula is C40H41N6O8+. The van der Waals surface area contributed by atoms with E-state index in [4.69, 9.17) is 30.1 Å². The Hall–Kier alpha value is -5.57. The molecule has 0 bridgehead atoms. The summed E-state index contributed by atoms with van der Waals surface area (Å²) in [5.41, 5.74) is 15.6. The Labute approximate surface area is 309 Å². The molecule has 3 aromatic heterocycles. The lowest BCUT2D eigenvalue weighted by Gasteiger charge is -2.47. The second kappa shape index (κ2) is 12.2. The molecule has 6 unspecified atom stereocenters. The van der Waals surface area contributed by atoms with E-state index < -0.39 is 46.8 Å². The number of rotatable bonds is 6. The molecule has 0 radical (unpaired) electrons. The maximum atomic E-state index is 14.0. The average molecular weight is 734 g/mol. The topological polar surface area (TPSA) is 213 Å². The fourth-order valence-corrected chi connectivity index (χ4v) is 8.67. The molecule has 1 aromatic carbocycles. The van der Waals surface area contributed by atoms with E-state index in [0.717, 1.165) is 29.1 Å². The van der Waals surface area contributed by atoms with Crippen molar-refractivity contribution in [1.29, 1.82) is 0 Å². The number of epoxide rings is 1. The first kappa shape index (κ1) is 34.2. The average Bonchev–Trinajstić information content (AvgIpc) is 3.43. The van der Waals surface area contributed by atoms with Crippen LogP contribution in [0.15, 0.2) is 74.1 Å². The smallest absolute Gasteiger partial charge is 0.341 e. The van der Waals surface area contributed by atoms with Crippen LogP contribution in [0.4, 0.5) is 11.6 Å². The van der Waals surface area contributed by atoms with Gasteiger partial charge in [-0.2, -0.15) is 0 Å². The van der Waals surface area contributed by atoms with E-state index in [2.05, 4.69) is 21.2 Å². The molecule has 54 heavy (non-hydrogen) atoms. The van der Waals surface area contributed by atoms with Crippen LogP contribution in [0.25, 0.3) is 22.2 Å². The number of allylic oxidation sites excluding steroid dienone is 1. The number of ether oxygens (including phenoxy) is 3. The quantitative estimate of drug-likeness (QED) is 0.143. The van der Waals surface area contributed by atoms with Crippen LogP contribution in [0.1, 0.15) is 61.6 Å². The molecule has 5 aliphatic heterocycles. The number of esters is 1. The lowest BCUT2D eigenvalue weighted by Crippen LogP contribution is -3.04. The summed E-state index contributed by atoms with van der Waals surface area (Å²) >= 11 is 0. The summed E-state index contributed by atoms with van der Waals surface area (Å²) in [5, 5.41) is 23.1. The second-order valence-corrected chi connectivity index (χ2v) is 15.5. The molecule has 5 aliphatic rings. The van der Waals surface area contributed by atoms with Crippen molar-refractivity contribution in [2.45, 2.75) is 88.4 Å². The van der Waals surface area contributed by atoms with Gasteiger partial charge in [-0.3, -0.25) is 14.7 Å². The van der Waals surface area contributed by atoms with Gasteiger partial charge in [0, 0.05) is 35.0 Å². The van der Waals surface area contributed by atoms with Crippen LogP contribution in [-0.4, -0.2) is 68.4 Å². The van der Waals surface area contributed by atoms with Gasteiger partial charge < -0.3 is 40.3 Å². The number of hydrogen-bond donors (Lipinski definition) is 5. The number of nitrogens with two attached hydrogens (primary N) is 2. The number of aliphatic imine (C=N–C) groups is 1. The Bertz CT molecular complexity index is 2420. The summed E-state index contributed by atoms with van der Waals surface area (Å²) in [5.74, 6) is -0.398. The van der Waals surface area contributed by atoms with Crippen LogP contribution >= 0.6 is 0 Å². The minimum Gasteiger partial charge on any atom is -0.507 e. The van der Waals surface area contributed by atoms with Crippen LogP contribution in [-0.2, 0) is 27.2 Å². The maximum Gasteiger partial charge on any atom is 0.341 e. The van der Waals surface area contributed by atoms with Gasteiger partial charge in [-0.25, -0.2) is 14.8 Å². The molecule has 0 aliphatic carbocycles. The predicted octanol–water partition coefficient (Wildman–Crippen LogP) is 2.77. The van der Waals surface area contributed by atoms with Crippen LogP contribution in [0.2, 0.25) is 0 Å². The Morgan fingerprint density at radius 1 is 1.06 bits per heavy atom. The van der Waals surface area contributed by atoms with Crippen LogP contribution in [0, 0.1) is 6.92 Å². The van der Waals surface area contributed by atoms with E-state index in [1.807, 2.05) is 24.4 Å². The predicted molar refractivity (Wildman–Crippen MR) is 198 cm³/mol. The Balaban J connectivity index is 0.925. The van der Waals surface area contributed by atoms with Gasteiger partial charge in [-0.05, 0) is 82.4 Å². The van der Waals surface area contributed by atoms with Gasteiger partial charge in [-0.1, -0.05) is 0 Å². The first-order valence-corrected chi connectivity index (χ1v) is 18.2. The van der Waals surface area contributed by atoms with Crippen molar-refractivity contribution in [3.8, 4) is 22.8 Å². The normalized spacial score (nSPS) is 27.6. The highest BCUT2D eigenvalue weighted by Crippen LogP contribution is 2.54. The summed E-state index contributed by atoms with van der Waals surface area (Å²) in [6.07, 6.45) is 4.85. The number of carbonyl (C=O) groups excluding carboxylic acids is 1. The third-order valence-corrected chi connectivity index (χ3v) is 11.2. The highest BCUT2D eigenvalue weighted by atomic mass is 16.7. The van der Waals surface area contributed by atoms with Gasteiger partial charge in [0.25, 0.3) is 0 Å². The van der Waals surface area contributed by atoms with Gasteiger partial charge in [0.15, 0.2) is 17.1 Å². The number of pyridine rings is 2. The van der Waals surface area contributed by atoms with E-state index in [-0.39, 0.29) is 40.9 Å². The largest absolute Gasteiger partial charge is 0.507 e. The minimum absolute atomic E-state index is 0.0201. The van der Waals surface area contributed by atoms with Gasteiger partial charge in [0.2, 0.25) is 0 Å². The highest BCUT2D eigenvalue weighted by Gasteiger charge is 2.66. The summed E-state index contributed by atoms with van der Waals surface area (Å²) in [6.45, 7) is 6.64. The molecule has 2 saturated heterocycles. The molecular weight excluding hydrogens is 692 g/mol. The van der Waals surface area contributed by atoms with Crippen LogP contribution in [0.5, 0.6) is 11.5 Å². The number of aromatic hydroxyl groups is 1. The molecule has 0 saturated carbocycles. The summed E-state index contributed by atoms with van der Waals surface area (Å²) < 4.78 is 24.3. The first-order valence-electron chi connectivity index (χ1n) is 18.2. The first-order chi connectivity index (χ1) is 25.8. The van der Waals surface area contributed by atoms with Gasteiger partial charge in [0.05, 0.1) is 29.5 Å². The van der Waals surface area contributed by atoms with E-state index in [9.17, 15) is 19.8 Å². The number of nitrogens with zero attached hydrogens (tertiary/aromatic N) is 3. The van der Waals surface area contributed by atoms with Crippen LogP contribution < -0.4 is 26.5 Å². The molecule has 2 fully saturated rings. The lowest BCUT2D eigenvalue weighted by atomic mass is 9.74. The van der Waals surface area contributed by atoms with Crippen molar-refractivity contribution in [3.63, 3.8) is 0 Å². The molecule has 1 spiro atoms. The van der Waals surface area contributed by atoms with Gasteiger partial charge in [0.1, 0.15) is 70.5 Å². The number of aliphatic hydroxyl groups excluding tert-OH is 1. The Morgan fingerprint density at radius 2 is 1.87 bits per heavy atom. The summed E-state index contributed by atoms with van der Waals surface area (Å²) in [6, 6.07) is 10.4. The Morgan fingerprint density at radius 3 is 2.69 bits per heavy atom. The number of aryl methyl sites for hydroxylation is 2. The van der Waals surface area contributed by atoms with Crippen molar-refractivity contribution in [3.05, 3.63) is 92.7 Å². The highest BCUT2D eigenvalue weighted by molar-refractivity contribution is 5.88. The standard InChI is InChI=1S/C40H40N6O8/c1-19-10-27(48)33-28(51-19)15-29-35(36(33)49)34-26(47)6-8-40(38(50)52-37(34)39(2,3)53-29)30(54-40)5-4-20-11-24(45-31(41)12-20)22-13-23(44-32(42)14-22)17-46-16-21-7-9-43-25(21)18-46/h7,9-15,18,26,30,34,37,47,49H,4-6,8,16-17H2,1-3H3,(H2,41,45)(H2,42,44)/p+1. The third kappa shape index (κ3) is 5.72. The zero-order valence-electron chi connectivity index (χ0n) is 30.1.